The van der Waals surface area contributed by atoms with Gasteiger partial charge in [0.05, 0.1) is 6.04 Å². The van der Waals surface area contributed by atoms with Crippen LogP contribution in [0, 0.1) is 6.92 Å². The smallest absolute Gasteiger partial charge is 0.254 e. The number of rotatable bonds is 5. The largest absolute Gasteiger partial charge is 0.333 e. The van der Waals surface area contributed by atoms with Crippen LogP contribution in [0.3, 0.4) is 0 Å². The molecule has 0 saturated carbocycles. The molecule has 1 saturated heterocycles. The third-order valence-electron chi connectivity index (χ3n) is 5.07. The molecule has 3 rings (SSSR count). The highest BCUT2D eigenvalue weighted by Crippen LogP contribution is 2.25. The summed E-state index contributed by atoms with van der Waals surface area (Å²) in [5.74, 6) is 0.0877. The molecule has 1 N–H and O–H groups in total. The van der Waals surface area contributed by atoms with Crippen LogP contribution in [0.5, 0.6) is 0 Å². The standard InChI is InChI=1S/C20H26N4O2S/c1-14-16(19(26)22-20(21-14)27-3)9-10-18(25)24-12-11-23(2)13-17(24)15-7-5-4-6-8-15/h4-8,17H,9-13H2,1-3H3,(H,21,22,26). The minimum Gasteiger partial charge on any atom is -0.333 e. The topological polar surface area (TPSA) is 69.3 Å². The first-order chi connectivity index (χ1) is 13.0. The molecule has 144 valence electrons. The van der Waals surface area contributed by atoms with Gasteiger partial charge >= 0.3 is 0 Å². The molecule has 1 fully saturated rings. The van der Waals surface area contributed by atoms with E-state index in [4.69, 9.17) is 0 Å². The van der Waals surface area contributed by atoms with Gasteiger partial charge in [0.15, 0.2) is 5.16 Å². The van der Waals surface area contributed by atoms with Gasteiger partial charge < -0.3 is 14.8 Å². The Morgan fingerprint density at radius 1 is 1.30 bits per heavy atom. The maximum absolute atomic E-state index is 13.0. The van der Waals surface area contributed by atoms with E-state index in [1.807, 2.05) is 36.3 Å². The molecule has 1 aromatic carbocycles. The van der Waals surface area contributed by atoms with Gasteiger partial charge in [-0.15, -0.1) is 0 Å². The lowest BCUT2D eigenvalue weighted by molar-refractivity contribution is -0.136. The number of piperazine rings is 1. The molecule has 1 amide bonds. The van der Waals surface area contributed by atoms with Gasteiger partial charge in [0, 0.05) is 37.3 Å². The van der Waals surface area contributed by atoms with E-state index in [9.17, 15) is 9.59 Å². The third kappa shape index (κ3) is 4.59. The number of H-pyrrole nitrogens is 1. The minimum absolute atomic E-state index is 0.0498. The van der Waals surface area contributed by atoms with Crippen molar-refractivity contribution in [3.8, 4) is 0 Å². The summed E-state index contributed by atoms with van der Waals surface area (Å²) >= 11 is 1.40. The van der Waals surface area contributed by atoms with Gasteiger partial charge in [0.1, 0.15) is 0 Å². The van der Waals surface area contributed by atoms with Crippen molar-refractivity contribution in [1.29, 1.82) is 0 Å². The van der Waals surface area contributed by atoms with Crippen LogP contribution in [0.2, 0.25) is 0 Å². The van der Waals surface area contributed by atoms with Gasteiger partial charge in [-0.3, -0.25) is 9.59 Å². The van der Waals surface area contributed by atoms with Crippen LogP contribution in [-0.2, 0) is 11.2 Å². The number of hydrogen-bond donors (Lipinski definition) is 1. The fourth-order valence-corrected chi connectivity index (χ4v) is 3.95. The third-order valence-corrected chi connectivity index (χ3v) is 5.65. The number of amides is 1. The Morgan fingerprint density at radius 3 is 2.70 bits per heavy atom. The Labute approximate surface area is 164 Å². The average molecular weight is 387 g/mol. The monoisotopic (exact) mass is 386 g/mol. The van der Waals surface area contributed by atoms with Crippen molar-refractivity contribution in [1.82, 2.24) is 19.8 Å². The van der Waals surface area contributed by atoms with E-state index in [0.717, 1.165) is 18.7 Å². The van der Waals surface area contributed by atoms with Crippen molar-refractivity contribution in [2.45, 2.75) is 31.0 Å². The summed E-state index contributed by atoms with van der Waals surface area (Å²) in [6.45, 7) is 4.21. The van der Waals surface area contributed by atoms with Crippen LogP contribution >= 0.6 is 11.8 Å². The summed E-state index contributed by atoms with van der Waals surface area (Å²) < 4.78 is 0. The van der Waals surface area contributed by atoms with E-state index in [1.165, 1.54) is 11.8 Å². The van der Waals surface area contributed by atoms with Gasteiger partial charge in [-0.25, -0.2) is 4.98 Å². The van der Waals surface area contributed by atoms with Crippen molar-refractivity contribution in [3.63, 3.8) is 0 Å². The van der Waals surface area contributed by atoms with Gasteiger partial charge in [-0.1, -0.05) is 42.1 Å². The van der Waals surface area contributed by atoms with Gasteiger partial charge in [0.2, 0.25) is 5.91 Å². The fraction of sp³-hybridized carbons (Fsp3) is 0.450. The van der Waals surface area contributed by atoms with Crippen LogP contribution in [0.25, 0.3) is 0 Å². The molecule has 2 heterocycles. The summed E-state index contributed by atoms with van der Waals surface area (Å²) in [4.78, 5) is 36.7. The molecule has 6 nitrogen and oxygen atoms in total. The molecule has 1 atom stereocenters. The maximum atomic E-state index is 13.0. The number of hydrogen-bond acceptors (Lipinski definition) is 5. The predicted octanol–water partition coefficient (Wildman–Crippen LogP) is 2.25. The molecule has 27 heavy (non-hydrogen) atoms. The highest BCUT2D eigenvalue weighted by atomic mass is 32.2. The Morgan fingerprint density at radius 2 is 2.04 bits per heavy atom. The molecule has 7 heteroatoms. The number of nitrogens with zero attached hydrogens (tertiary/aromatic N) is 3. The van der Waals surface area contributed by atoms with E-state index in [-0.39, 0.29) is 17.5 Å². The number of aromatic amines is 1. The van der Waals surface area contributed by atoms with E-state index in [0.29, 0.717) is 35.8 Å². The van der Waals surface area contributed by atoms with Crippen LogP contribution in [-0.4, -0.2) is 58.6 Å². The molecular weight excluding hydrogens is 360 g/mol. The lowest BCUT2D eigenvalue weighted by Gasteiger charge is -2.40. The zero-order valence-electron chi connectivity index (χ0n) is 16.1. The van der Waals surface area contributed by atoms with E-state index < -0.39 is 0 Å². The maximum Gasteiger partial charge on any atom is 0.254 e. The van der Waals surface area contributed by atoms with Crippen LogP contribution < -0.4 is 5.56 Å². The van der Waals surface area contributed by atoms with E-state index in [2.05, 4.69) is 34.0 Å². The summed E-state index contributed by atoms with van der Waals surface area (Å²) in [5.41, 5.74) is 2.32. The second kappa shape index (κ2) is 8.71. The van der Waals surface area contributed by atoms with Gasteiger partial charge in [-0.2, -0.15) is 0 Å². The van der Waals surface area contributed by atoms with Crippen molar-refractivity contribution in [2.75, 3.05) is 32.9 Å². The Balaban J connectivity index is 1.74. The first kappa shape index (κ1) is 19.6. The van der Waals surface area contributed by atoms with Crippen molar-refractivity contribution in [3.05, 3.63) is 57.5 Å². The molecule has 1 aromatic heterocycles. The van der Waals surface area contributed by atoms with E-state index >= 15 is 0 Å². The molecule has 1 aliphatic heterocycles. The lowest BCUT2D eigenvalue weighted by atomic mass is 10.0. The number of nitrogens with one attached hydrogen (secondary N) is 1. The highest BCUT2D eigenvalue weighted by Gasteiger charge is 2.30. The lowest BCUT2D eigenvalue weighted by Crippen LogP contribution is -2.49. The summed E-state index contributed by atoms with van der Waals surface area (Å²) in [5, 5.41) is 0.607. The Hall–Kier alpha value is -2.12. The van der Waals surface area contributed by atoms with Crippen molar-refractivity contribution < 1.29 is 4.79 Å². The van der Waals surface area contributed by atoms with Gasteiger partial charge in [0.25, 0.3) is 5.56 Å². The normalized spacial score (nSPS) is 17.9. The number of thioether (sulfide) groups is 1. The SMILES string of the molecule is CSc1nc(C)c(CCC(=O)N2CCN(C)CC2c2ccccc2)c(=O)[nH]1. The second-order valence-corrected chi connectivity index (χ2v) is 7.71. The average Bonchev–Trinajstić information content (AvgIpc) is 2.67. The molecule has 1 aliphatic rings. The summed E-state index contributed by atoms with van der Waals surface area (Å²) in [7, 11) is 2.08. The number of aromatic nitrogens is 2. The molecule has 0 radical (unpaired) electrons. The van der Waals surface area contributed by atoms with Crippen LogP contribution in [0.4, 0.5) is 0 Å². The predicted molar refractivity (Wildman–Crippen MR) is 108 cm³/mol. The first-order valence-electron chi connectivity index (χ1n) is 9.16. The number of likely N-dealkylation sites (N-methyl/N-ethyl adjacent to an activating group) is 1. The summed E-state index contributed by atoms with van der Waals surface area (Å²) in [6.07, 6.45) is 2.60. The summed E-state index contributed by atoms with van der Waals surface area (Å²) in [6, 6.07) is 10.2. The first-order valence-corrected chi connectivity index (χ1v) is 10.4. The van der Waals surface area contributed by atoms with E-state index in [1.54, 1.807) is 0 Å². The number of carbonyl (C=O) groups excluding carboxylic acids is 1. The molecule has 0 spiro atoms. The van der Waals surface area contributed by atoms with Crippen molar-refractivity contribution in [2.24, 2.45) is 0 Å². The zero-order chi connectivity index (χ0) is 19.4. The number of carbonyl (C=O) groups is 1. The fourth-order valence-electron chi connectivity index (χ4n) is 3.53. The quantitative estimate of drug-likeness (QED) is 0.630. The Kier molecular flexibility index (Phi) is 6.34. The molecule has 0 aliphatic carbocycles. The zero-order valence-corrected chi connectivity index (χ0v) is 16.9. The highest BCUT2D eigenvalue weighted by molar-refractivity contribution is 7.98. The molecule has 0 bridgehead atoms. The minimum atomic E-state index is -0.141. The van der Waals surface area contributed by atoms with Crippen molar-refractivity contribution >= 4 is 17.7 Å². The van der Waals surface area contributed by atoms with Crippen LogP contribution in [0.1, 0.15) is 29.3 Å². The second-order valence-electron chi connectivity index (χ2n) is 6.92. The van der Waals surface area contributed by atoms with Gasteiger partial charge in [-0.05, 0) is 32.2 Å². The molecule has 2 aromatic rings. The molecular formula is C20H26N4O2S. The number of aryl methyl sites for hydroxylation is 1. The molecule has 1 unspecified atom stereocenters. The van der Waals surface area contributed by atoms with Crippen LogP contribution in [0.15, 0.2) is 40.3 Å². The number of benzene rings is 1. The Bertz CT molecular complexity index is 853.